The molecule has 3 heterocycles. The maximum Gasteiger partial charge on any atom is 0.232 e. The van der Waals surface area contributed by atoms with Gasteiger partial charge in [-0.15, -0.1) is 12.4 Å². The van der Waals surface area contributed by atoms with Crippen LogP contribution < -0.4 is 15.8 Å². The first kappa shape index (κ1) is 22.2. The highest BCUT2D eigenvalue weighted by molar-refractivity contribution is 5.94. The van der Waals surface area contributed by atoms with Crippen LogP contribution in [0.25, 0.3) is 33.5 Å². The van der Waals surface area contributed by atoms with Gasteiger partial charge in [-0.2, -0.15) is 0 Å². The second-order valence-electron chi connectivity index (χ2n) is 7.92. The lowest BCUT2D eigenvalue weighted by atomic mass is 9.99. The Kier molecular flexibility index (Phi) is 6.99. The maximum atomic E-state index is 6.08. The number of piperidine rings is 1. The Labute approximate surface area is 193 Å². The Morgan fingerprint density at radius 3 is 2.59 bits per heavy atom. The predicted molar refractivity (Wildman–Crippen MR) is 129 cm³/mol. The van der Waals surface area contributed by atoms with E-state index >= 15 is 0 Å². The SMILES string of the molecule is Cl.NCc1ccc(-c2ncc(OCC3CCNCC3)nc2-c2cccc3[nH]cnc23)cc1. The van der Waals surface area contributed by atoms with Crippen molar-refractivity contribution in [3.63, 3.8) is 0 Å². The summed E-state index contributed by atoms with van der Waals surface area (Å²) in [6, 6.07) is 14.2. The zero-order valence-electron chi connectivity index (χ0n) is 17.8. The Bertz CT molecular complexity index is 1170. The molecule has 0 spiro atoms. The maximum absolute atomic E-state index is 6.08. The van der Waals surface area contributed by atoms with E-state index in [-0.39, 0.29) is 12.4 Å². The van der Waals surface area contributed by atoms with Crippen LogP contribution in [-0.4, -0.2) is 39.6 Å². The summed E-state index contributed by atoms with van der Waals surface area (Å²) in [5.41, 5.74) is 12.1. The fourth-order valence-electron chi connectivity index (χ4n) is 4.05. The highest BCUT2D eigenvalue weighted by Crippen LogP contribution is 2.34. The van der Waals surface area contributed by atoms with Crippen LogP contribution in [0.5, 0.6) is 5.88 Å². The summed E-state index contributed by atoms with van der Waals surface area (Å²) in [6.45, 7) is 3.26. The number of aromatic nitrogens is 4. The van der Waals surface area contributed by atoms with Crippen LogP contribution in [0.15, 0.2) is 55.0 Å². The zero-order chi connectivity index (χ0) is 21.0. The van der Waals surface area contributed by atoms with Gasteiger partial charge in [0.2, 0.25) is 5.88 Å². The summed E-state index contributed by atoms with van der Waals surface area (Å²) < 4.78 is 6.08. The Hall–Kier alpha value is -3.00. The van der Waals surface area contributed by atoms with E-state index in [0.29, 0.717) is 24.9 Å². The minimum absolute atomic E-state index is 0. The topological polar surface area (TPSA) is 102 Å². The van der Waals surface area contributed by atoms with Crippen LogP contribution in [0.1, 0.15) is 18.4 Å². The van der Waals surface area contributed by atoms with Crippen molar-refractivity contribution < 1.29 is 4.74 Å². The number of halogens is 1. The second kappa shape index (κ2) is 10.1. The van der Waals surface area contributed by atoms with Gasteiger partial charge in [0.1, 0.15) is 5.69 Å². The van der Waals surface area contributed by atoms with Crippen LogP contribution in [-0.2, 0) is 6.54 Å². The normalized spacial score (nSPS) is 14.3. The van der Waals surface area contributed by atoms with E-state index in [2.05, 4.69) is 15.3 Å². The van der Waals surface area contributed by atoms with Gasteiger partial charge in [-0.25, -0.2) is 15.0 Å². The smallest absolute Gasteiger partial charge is 0.232 e. The Morgan fingerprint density at radius 1 is 1.00 bits per heavy atom. The number of imidazole rings is 1. The fraction of sp³-hybridized carbons (Fsp3) is 0.292. The van der Waals surface area contributed by atoms with Gasteiger partial charge in [-0.05, 0) is 43.5 Å². The molecular weight excluding hydrogens is 424 g/mol. The standard InChI is InChI=1S/C24H26N6O.ClH/c25-12-16-4-6-18(7-5-16)22-24(19-2-1-3-20-23(19)29-15-28-20)30-21(13-27-22)31-14-17-8-10-26-11-9-17;/h1-7,13,15,17,26H,8-12,14,25H2,(H,28,29);1H. The third-order valence-electron chi connectivity index (χ3n) is 5.84. The van der Waals surface area contributed by atoms with Crippen LogP contribution in [0.4, 0.5) is 0 Å². The first-order valence-electron chi connectivity index (χ1n) is 10.7. The van der Waals surface area contributed by atoms with Crippen LogP contribution in [0, 0.1) is 5.92 Å². The average molecular weight is 451 g/mol. The molecule has 4 N–H and O–H groups in total. The molecule has 8 heteroatoms. The van der Waals surface area contributed by atoms with Crippen molar-refractivity contribution in [2.24, 2.45) is 11.7 Å². The number of nitrogens with zero attached hydrogens (tertiary/aromatic N) is 3. The van der Waals surface area contributed by atoms with Crippen molar-refractivity contribution in [3.8, 4) is 28.4 Å². The van der Waals surface area contributed by atoms with Crippen LogP contribution >= 0.6 is 12.4 Å². The number of para-hydroxylation sites is 1. The third kappa shape index (κ3) is 4.60. The van der Waals surface area contributed by atoms with Crippen molar-refractivity contribution in [2.75, 3.05) is 19.7 Å². The van der Waals surface area contributed by atoms with E-state index in [4.69, 9.17) is 20.4 Å². The number of rotatable bonds is 6. The molecule has 166 valence electrons. The summed E-state index contributed by atoms with van der Waals surface area (Å²) in [5.74, 6) is 1.09. The number of nitrogens with two attached hydrogens (primary N) is 1. The number of nitrogens with one attached hydrogen (secondary N) is 2. The van der Waals surface area contributed by atoms with Crippen molar-refractivity contribution in [1.82, 2.24) is 25.3 Å². The van der Waals surface area contributed by atoms with Gasteiger partial charge in [0, 0.05) is 17.7 Å². The molecule has 1 fully saturated rings. The van der Waals surface area contributed by atoms with Gasteiger partial charge in [-0.1, -0.05) is 36.4 Å². The van der Waals surface area contributed by atoms with Crippen LogP contribution in [0.3, 0.4) is 0 Å². The van der Waals surface area contributed by atoms with Gasteiger partial charge < -0.3 is 20.8 Å². The molecule has 0 amide bonds. The summed E-state index contributed by atoms with van der Waals surface area (Å²) in [6.07, 6.45) is 5.67. The van der Waals surface area contributed by atoms with Crippen LogP contribution in [0.2, 0.25) is 0 Å². The number of fused-ring (bicyclic) bond motifs is 1. The van der Waals surface area contributed by atoms with Crippen molar-refractivity contribution >= 4 is 23.4 Å². The molecule has 0 bridgehead atoms. The first-order chi connectivity index (χ1) is 15.3. The van der Waals surface area contributed by atoms with Gasteiger partial charge >= 0.3 is 0 Å². The van der Waals surface area contributed by atoms with Gasteiger partial charge in [0.05, 0.1) is 35.9 Å². The molecule has 0 unspecified atom stereocenters. The van der Waals surface area contributed by atoms with E-state index in [1.165, 1.54) is 0 Å². The molecule has 0 radical (unpaired) electrons. The number of H-pyrrole nitrogens is 1. The van der Waals surface area contributed by atoms with E-state index in [0.717, 1.165) is 65.0 Å². The molecule has 4 aromatic rings. The quantitative estimate of drug-likeness (QED) is 0.411. The number of hydrogen-bond acceptors (Lipinski definition) is 6. The Morgan fingerprint density at radius 2 is 1.81 bits per heavy atom. The second-order valence-corrected chi connectivity index (χ2v) is 7.92. The minimum atomic E-state index is 0. The Balaban J connectivity index is 0.00000245. The van der Waals surface area contributed by atoms with Gasteiger partial charge in [-0.3, -0.25) is 0 Å². The monoisotopic (exact) mass is 450 g/mol. The molecule has 2 aromatic heterocycles. The predicted octanol–water partition coefficient (Wildman–Crippen LogP) is 3.95. The lowest BCUT2D eigenvalue weighted by Crippen LogP contribution is -2.30. The van der Waals surface area contributed by atoms with Crippen molar-refractivity contribution in [3.05, 3.63) is 60.6 Å². The number of benzene rings is 2. The van der Waals surface area contributed by atoms with Gasteiger partial charge in [0.15, 0.2) is 0 Å². The fourth-order valence-corrected chi connectivity index (χ4v) is 4.05. The molecule has 0 atom stereocenters. The highest BCUT2D eigenvalue weighted by atomic mass is 35.5. The highest BCUT2D eigenvalue weighted by Gasteiger charge is 2.18. The lowest BCUT2D eigenvalue weighted by molar-refractivity contribution is 0.208. The summed E-state index contributed by atoms with van der Waals surface area (Å²) in [5, 5.41) is 3.39. The summed E-state index contributed by atoms with van der Waals surface area (Å²) in [4.78, 5) is 17.4. The molecule has 1 aliphatic rings. The van der Waals surface area contributed by atoms with E-state index in [1.807, 2.05) is 42.5 Å². The molecule has 32 heavy (non-hydrogen) atoms. The van der Waals surface area contributed by atoms with Gasteiger partial charge in [0.25, 0.3) is 0 Å². The number of aromatic amines is 1. The van der Waals surface area contributed by atoms with E-state index in [9.17, 15) is 0 Å². The molecule has 0 aliphatic carbocycles. The summed E-state index contributed by atoms with van der Waals surface area (Å²) in [7, 11) is 0. The third-order valence-corrected chi connectivity index (χ3v) is 5.84. The minimum Gasteiger partial charge on any atom is -0.476 e. The van der Waals surface area contributed by atoms with E-state index < -0.39 is 0 Å². The average Bonchev–Trinajstić information content (AvgIpc) is 3.32. The molecule has 7 nitrogen and oxygen atoms in total. The zero-order valence-corrected chi connectivity index (χ0v) is 18.6. The molecule has 5 rings (SSSR count). The van der Waals surface area contributed by atoms with Crippen molar-refractivity contribution in [2.45, 2.75) is 19.4 Å². The number of ether oxygens (including phenoxy) is 1. The molecule has 0 saturated carbocycles. The summed E-state index contributed by atoms with van der Waals surface area (Å²) >= 11 is 0. The largest absolute Gasteiger partial charge is 0.476 e. The van der Waals surface area contributed by atoms with Crippen molar-refractivity contribution in [1.29, 1.82) is 0 Å². The number of hydrogen-bond donors (Lipinski definition) is 3. The molecule has 2 aromatic carbocycles. The first-order valence-corrected chi connectivity index (χ1v) is 10.7. The molecular formula is C24H27ClN6O. The molecule has 1 saturated heterocycles. The van der Waals surface area contributed by atoms with E-state index in [1.54, 1.807) is 12.5 Å². The molecule has 1 aliphatic heterocycles. The lowest BCUT2D eigenvalue weighted by Gasteiger charge is -2.22.